The standard InChI is InChI=1S/C33H43F3N4O7S/c1-21(46-18-30-6-2-22(3-7-30)47-19-30)25(14-45-23-4-10-44-11-5-23)38-27(41)24-13-39(28(42)26-12-37-20-48-26)15-31(24)16-40(17-31)29(43)32(8-9-32)33(34,35)36/h2,12,20-21,23-25H,3-11,13-19H2,1H3,(H,38,41)/t21-,24+,25-,30?/m1/s1. The zero-order chi connectivity index (χ0) is 33.7. The lowest BCUT2D eigenvalue weighted by Gasteiger charge is -2.51. The van der Waals surface area contributed by atoms with Crippen molar-refractivity contribution in [1.82, 2.24) is 20.1 Å². The fourth-order valence-corrected chi connectivity index (χ4v) is 8.46. The molecule has 2 aliphatic carbocycles. The van der Waals surface area contributed by atoms with Crippen LogP contribution in [0.15, 0.2) is 23.5 Å². The van der Waals surface area contributed by atoms with Crippen LogP contribution < -0.4 is 5.32 Å². The van der Waals surface area contributed by atoms with Crippen molar-refractivity contribution < 1.29 is 46.5 Å². The zero-order valence-corrected chi connectivity index (χ0v) is 27.9. The number of carbonyl (C=O) groups excluding carboxylic acids is 3. The van der Waals surface area contributed by atoms with E-state index >= 15 is 0 Å². The third-order valence-corrected chi connectivity index (χ3v) is 12.1. The van der Waals surface area contributed by atoms with Crippen LogP contribution in [0.3, 0.4) is 0 Å². The van der Waals surface area contributed by atoms with E-state index < -0.39 is 41.0 Å². The molecule has 1 saturated carbocycles. The molecule has 1 unspecified atom stereocenters. The average molecular weight is 697 g/mol. The van der Waals surface area contributed by atoms with Gasteiger partial charge >= 0.3 is 6.18 Å². The Kier molecular flexibility index (Phi) is 9.03. The second-order valence-corrected chi connectivity index (χ2v) is 15.5. The summed E-state index contributed by atoms with van der Waals surface area (Å²) in [4.78, 5) is 47.9. The number of fused-ring (bicyclic) bond motifs is 3. The fourth-order valence-electron chi connectivity index (χ4n) is 7.87. The number of likely N-dealkylation sites (tertiary alicyclic amines) is 2. The van der Waals surface area contributed by atoms with Crippen molar-refractivity contribution in [3.63, 3.8) is 0 Å². The maximum atomic E-state index is 14.2. The first-order valence-electron chi connectivity index (χ1n) is 16.9. The molecule has 1 aromatic rings. The van der Waals surface area contributed by atoms with E-state index in [9.17, 15) is 27.6 Å². The molecule has 7 aliphatic rings. The molecule has 48 heavy (non-hydrogen) atoms. The summed E-state index contributed by atoms with van der Waals surface area (Å²) in [6.07, 6.45) is 2.29. The number of halogens is 3. The number of carbonyl (C=O) groups is 3. The Labute approximate surface area is 281 Å². The molecule has 6 heterocycles. The van der Waals surface area contributed by atoms with Crippen molar-refractivity contribution in [2.45, 2.75) is 76.3 Å². The van der Waals surface area contributed by atoms with Crippen molar-refractivity contribution in [1.29, 1.82) is 0 Å². The van der Waals surface area contributed by atoms with E-state index in [1.54, 1.807) is 10.4 Å². The highest BCUT2D eigenvalue weighted by Gasteiger charge is 2.71. The van der Waals surface area contributed by atoms with Crippen LogP contribution >= 0.6 is 11.3 Å². The van der Waals surface area contributed by atoms with Gasteiger partial charge in [0.1, 0.15) is 10.3 Å². The van der Waals surface area contributed by atoms with Crippen LogP contribution in [0.5, 0.6) is 0 Å². The molecule has 1 N–H and O–H groups in total. The van der Waals surface area contributed by atoms with Gasteiger partial charge in [-0.1, -0.05) is 0 Å². The summed E-state index contributed by atoms with van der Waals surface area (Å²) in [7, 11) is 0. The molecular weight excluding hydrogens is 653 g/mol. The minimum absolute atomic E-state index is 0.0162. The van der Waals surface area contributed by atoms with Crippen molar-refractivity contribution >= 4 is 29.1 Å². The van der Waals surface area contributed by atoms with Crippen LogP contribution in [0, 0.1) is 22.2 Å². The molecule has 4 saturated heterocycles. The molecule has 2 bridgehead atoms. The van der Waals surface area contributed by atoms with Gasteiger partial charge in [0.15, 0.2) is 0 Å². The summed E-state index contributed by atoms with van der Waals surface area (Å²) >= 11 is 1.18. The number of allylic oxidation sites excluding steroid dienone is 2. The van der Waals surface area contributed by atoms with E-state index in [0.717, 1.165) is 37.9 Å². The fraction of sp³-hybridized carbons (Fsp3) is 0.758. The number of hydrogen-bond donors (Lipinski definition) is 1. The molecule has 5 fully saturated rings. The summed E-state index contributed by atoms with van der Waals surface area (Å²) in [6, 6.07) is -0.531. The molecule has 8 rings (SSSR count). The van der Waals surface area contributed by atoms with E-state index in [2.05, 4.69) is 16.4 Å². The highest BCUT2D eigenvalue weighted by Crippen LogP contribution is 2.60. The SMILES string of the molecule is C[C@@H](OCC12CC=C(CC1)OC2)[C@@H](COC1CCOCC1)NC(=O)[C@@H]1CN(C(=O)c2cncs2)CC12CN(C(=O)C1(C(F)(F)F)CC1)C2. The van der Waals surface area contributed by atoms with E-state index in [1.165, 1.54) is 22.4 Å². The molecular formula is C33H43F3N4O7S. The lowest BCUT2D eigenvalue weighted by molar-refractivity contribution is -0.205. The number of aromatic nitrogens is 1. The van der Waals surface area contributed by atoms with Crippen molar-refractivity contribution in [3.05, 3.63) is 28.4 Å². The normalized spacial score (nSPS) is 28.8. The van der Waals surface area contributed by atoms with E-state index in [4.69, 9.17) is 18.9 Å². The van der Waals surface area contributed by atoms with Gasteiger partial charge in [0, 0.05) is 56.6 Å². The van der Waals surface area contributed by atoms with Crippen molar-refractivity contribution in [2.75, 3.05) is 59.2 Å². The summed E-state index contributed by atoms with van der Waals surface area (Å²) in [5.74, 6) is -1.27. The number of thiazole rings is 1. The van der Waals surface area contributed by atoms with Crippen LogP contribution in [-0.2, 0) is 28.5 Å². The number of alkyl halides is 3. The third kappa shape index (κ3) is 6.35. The Morgan fingerprint density at radius 2 is 1.90 bits per heavy atom. The van der Waals surface area contributed by atoms with Crippen LogP contribution in [-0.4, -0.2) is 116 Å². The van der Waals surface area contributed by atoms with Gasteiger partial charge in [0.05, 0.1) is 61.5 Å². The van der Waals surface area contributed by atoms with Crippen LogP contribution in [0.1, 0.15) is 61.5 Å². The summed E-state index contributed by atoms with van der Waals surface area (Å²) < 4.78 is 65.5. The van der Waals surface area contributed by atoms with Crippen molar-refractivity contribution in [2.24, 2.45) is 22.2 Å². The molecule has 264 valence electrons. The molecule has 11 nitrogen and oxygen atoms in total. The Morgan fingerprint density at radius 1 is 1.15 bits per heavy atom. The Balaban J connectivity index is 1.07. The number of nitrogens with zero attached hydrogens (tertiary/aromatic N) is 3. The zero-order valence-electron chi connectivity index (χ0n) is 27.1. The number of amides is 3. The van der Waals surface area contributed by atoms with Gasteiger partial charge < -0.3 is 34.1 Å². The lowest BCUT2D eigenvalue weighted by atomic mass is 9.70. The highest BCUT2D eigenvalue weighted by atomic mass is 32.1. The molecule has 0 radical (unpaired) electrons. The predicted octanol–water partition coefficient (Wildman–Crippen LogP) is 3.56. The average Bonchev–Trinajstić information content (AvgIpc) is 3.54. The van der Waals surface area contributed by atoms with Crippen LogP contribution in [0.2, 0.25) is 0 Å². The number of rotatable bonds is 11. The first-order chi connectivity index (χ1) is 22.9. The number of ether oxygens (including phenoxy) is 4. The summed E-state index contributed by atoms with van der Waals surface area (Å²) in [5.41, 5.74) is -1.77. The quantitative estimate of drug-likeness (QED) is 0.374. The molecule has 15 heteroatoms. The largest absolute Gasteiger partial charge is 0.498 e. The Hall–Kier alpha value is -2.75. The van der Waals surface area contributed by atoms with Gasteiger partial charge in [-0.3, -0.25) is 19.4 Å². The minimum atomic E-state index is -4.62. The molecule has 1 spiro atoms. The van der Waals surface area contributed by atoms with Gasteiger partial charge in [0.2, 0.25) is 11.8 Å². The molecule has 3 amide bonds. The Bertz CT molecular complexity index is 1400. The highest BCUT2D eigenvalue weighted by molar-refractivity contribution is 7.11. The van der Waals surface area contributed by atoms with E-state index in [-0.39, 0.29) is 69.0 Å². The molecule has 1 aromatic heterocycles. The predicted molar refractivity (Wildman–Crippen MR) is 166 cm³/mol. The molecule has 5 aliphatic heterocycles. The van der Waals surface area contributed by atoms with Crippen LogP contribution in [0.25, 0.3) is 0 Å². The van der Waals surface area contributed by atoms with Crippen molar-refractivity contribution in [3.8, 4) is 0 Å². The lowest BCUT2D eigenvalue weighted by Crippen LogP contribution is -2.66. The first kappa shape index (κ1) is 33.7. The smallest absolute Gasteiger partial charge is 0.403 e. The number of hydrogen-bond acceptors (Lipinski definition) is 9. The van der Waals surface area contributed by atoms with E-state index in [0.29, 0.717) is 31.3 Å². The Morgan fingerprint density at radius 3 is 2.50 bits per heavy atom. The summed E-state index contributed by atoms with van der Waals surface area (Å²) in [6.45, 7) is 4.55. The molecule has 0 aromatic carbocycles. The summed E-state index contributed by atoms with van der Waals surface area (Å²) in [5, 5.41) is 3.16. The third-order valence-electron chi connectivity index (χ3n) is 11.4. The second-order valence-electron chi connectivity index (χ2n) is 14.6. The maximum absolute atomic E-state index is 14.2. The number of nitrogens with one attached hydrogen (secondary N) is 1. The van der Waals surface area contributed by atoms with Gasteiger partial charge in [-0.15, -0.1) is 11.3 Å². The first-order valence-corrected chi connectivity index (χ1v) is 17.8. The van der Waals surface area contributed by atoms with Crippen LogP contribution in [0.4, 0.5) is 13.2 Å². The topological polar surface area (TPSA) is 120 Å². The van der Waals surface area contributed by atoms with Gasteiger partial charge in [-0.2, -0.15) is 13.2 Å². The van der Waals surface area contributed by atoms with Gasteiger partial charge in [-0.05, 0) is 51.5 Å². The van der Waals surface area contributed by atoms with E-state index in [1.807, 2.05) is 6.92 Å². The monoisotopic (exact) mass is 696 g/mol. The molecule has 4 atom stereocenters. The van der Waals surface area contributed by atoms with Gasteiger partial charge in [-0.25, -0.2) is 0 Å². The maximum Gasteiger partial charge on any atom is 0.403 e. The second kappa shape index (κ2) is 12.9. The van der Waals surface area contributed by atoms with Gasteiger partial charge in [0.25, 0.3) is 5.91 Å². The minimum Gasteiger partial charge on any atom is -0.498 e.